The number of nitrogens with zero attached hydrogens (tertiary/aromatic N) is 1. The smallest absolute Gasteiger partial charge is 0.260 e. The van der Waals surface area contributed by atoms with Crippen LogP contribution in [0, 0.1) is 0 Å². The van der Waals surface area contributed by atoms with Crippen LogP contribution in [0.1, 0.15) is 29.6 Å². The summed E-state index contributed by atoms with van der Waals surface area (Å²) in [5.74, 6) is 0.102. The molecule has 0 spiro atoms. The van der Waals surface area contributed by atoms with Crippen molar-refractivity contribution in [3.05, 3.63) is 29.8 Å². The second-order valence-corrected chi connectivity index (χ2v) is 4.62. The first kappa shape index (κ1) is 13.4. The molecule has 1 aliphatic heterocycles. The van der Waals surface area contributed by atoms with E-state index in [1.165, 1.54) is 6.42 Å². The summed E-state index contributed by atoms with van der Waals surface area (Å²) in [6, 6.07) is 6.46. The van der Waals surface area contributed by atoms with Crippen molar-refractivity contribution in [2.24, 2.45) is 5.73 Å². The number of hydrogen-bond donors (Lipinski definition) is 1. The van der Waals surface area contributed by atoms with Crippen molar-refractivity contribution in [1.29, 1.82) is 0 Å². The van der Waals surface area contributed by atoms with Crippen molar-refractivity contribution >= 4 is 11.8 Å². The second-order valence-electron chi connectivity index (χ2n) is 4.62. The van der Waals surface area contributed by atoms with Gasteiger partial charge in [0.25, 0.3) is 5.91 Å². The van der Waals surface area contributed by atoms with E-state index >= 15 is 0 Å². The Kier molecular flexibility index (Phi) is 4.39. The molecule has 102 valence electrons. The number of rotatable bonds is 4. The Hall–Kier alpha value is -2.04. The zero-order chi connectivity index (χ0) is 13.7. The minimum absolute atomic E-state index is 0.0127. The maximum atomic E-state index is 11.9. The zero-order valence-corrected chi connectivity index (χ0v) is 10.8. The maximum absolute atomic E-state index is 11.9. The molecule has 1 heterocycles. The summed E-state index contributed by atoms with van der Waals surface area (Å²) in [5.41, 5.74) is 5.57. The highest BCUT2D eigenvalue weighted by atomic mass is 16.5. The van der Waals surface area contributed by atoms with Crippen LogP contribution in [0.4, 0.5) is 0 Å². The molecule has 0 aliphatic carbocycles. The molecule has 0 bridgehead atoms. The van der Waals surface area contributed by atoms with E-state index in [4.69, 9.17) is 10.5 Å². The lowest BCUT2D eigenvalue weighted by Crippen LogP contribution is -2.38. The summed E-state index contributed by atoms with van der Waals surface area (Å²) in [6.07, 6.45) is 3.33. The number of ether oxygens (including phenoxy) is 1. The molecule has 1 fully saturated rings. The molecule has 1 aromatic carbocycles. The number of amides is 2. The molecule has 0 aromatic heterocycles. The molecule has 1 aromatic rings. The molecule has 2 rings (SSSR count). The van der Waals surface area contributed by atoms with E-state index in [9.17, 15) is 9.59 Å². The number of carbonyl (C=O) groups is 2. The summed E-state index contributed by atoms with van der Waals surface area (Å²) in [7, 11) is 0. The van der Waals surface area contributed by atoms with Crippen LogP contribution < -0.4 is 10.5 Å². The van der Waals surface area contributed by atoms with Gasteiger partial charge in [0.2, 0.25) is 5.91 Å². The monoisotopic (exact) mass is 262 g/mol. The van der Waals surface area contributed by atoms with Gasteiger partial charge in [-0.15, -0.1) is 0 Å². The van der Waals surface area contributed by atoms with Crippen molar-refractivity contribution < 1.29 is 14.3 Å². The average Bonchev–Trinajstić information content (AvgIpc) is 2.46. The Morgan fingerprint density at radius 1 is 1.11 bits per heavy atom. The van der Waals surface area contributed by atoms with Gasteiger partial charge in [0, 0.05) is 18.7 Å². The van der Waals surface area contributed by atoms with Crippen molar-refractivity contribution in [2.75, 3.05) is 19.7 Å². The molecule has 5 nitrogen and oxygen atoms in total. The van der Waals surface area contributed by atoms with Gasteiger partial charge in [-0.2, -0.15) is 0 Å². The Balaban J connectivity index is 1.84. The fraction of sp³-hybridized carbons (Fsp3) is 0.429. The zero-order valence-electron chi connectivity index (χ0n) is 10.8. The highest BCUT2D eigenvalue weighted by molar-refractivity contribution is 5.92. The van der Waals surface area contributed by atoms with E-state index in [0.29, 0.717) is 11.3 Å². The van der Waals surface area contributed by atoms with E-state index in [1.54, 1.807) is 24.3 Å². The predicted molar refractivity (Wildman–Crippen MR) is 70.9 cm³/mol. The van der Waals surface area contributed by atoms with Crippen molar-refractivity contribution in [1.82, 2.24) is 4.90 Å². The number of hydrogen-bond acceptors (Lipinski definition) is 3. The third-order valence-electron chi connectivity index (χ3n) is 3.21. The van der Waals surface area contributed by atoms with Crippen molar-refractivity contribution in [2.45, 2.75) is 19.3 Å². The fourth-order valence-electron chi connectivity index (χ4n) is 2.10. The molecule has 0 saturated carbocycles. The molecular weight excluding hydrogens is 244 g/mol. The van der Waals surface area contributed by atoms with Gasteiger partial charge in [-0.3, -0.25) is 9.59 Å². The van der Waals surface area contributed by atoms with E-state index in [1.807, 2.05) is 4.90 Å². The van der Waals surface area contributed by atoms with Crippen LogP contribution in [0.25, 0.3) is 0 Å². The molecule has 0 atom stereocenters. The number of likely N-dealkylation sites (tertiary alicyclic amines) is 1. The van der Waals surface area contributed by atoms with Gasteiger partial charge in [0.05, 0.1) is 0 Å². The molecule has 0 unspecified atom stereocenters. The Labute approximate surface area is 112 Å². The normalized spacial score (nSPS) is 15.1. The largest absolute Gasteiger partial charge is 0.484 e. The summed E-state index contributed by atoms with van der Waals surface area (Å²) in [6.45, 7) is 1.68. The lowest BCUT2D eigenvalue weighted by atomic mass is 10.1. The van der Waals surface area contributed by atoms with Gasteiger partial charge in [0.15, 0.2) is 6.61 Å². The molecule has 5 heteroatoms. The minimum atomic E-state index is -0.476. The van der Waals surface area contributed by atoms with Crippen molar-refractivity contribution in [3.63, 3.8) is 0 Å². The van der Waals surface area contributed by atoms with Crippen LogP contribution in [-0.2, 0) is 4.79 Å². The predicted octanol–water partition coefficient (Wildman–Crippen LogP) is 1.18. The van der Waals surface area contributed by atoms with Crippen LogP contribution in [0.2, 0.25) is 0 Å². The summed E-state index contributed by atoms with van der Waals surface area (Å²) in [4.78, 5) is 24.6. The van der Waals surface area contributed by atoms with Crippen LogP contribution in [0.5, 0.6) is 5.75 Å². The number of piperidine rings is 1. The van der Waals surface area contributed by atoms with Crippen LogP contribution >= 0.6 is 0 Å². The van der Waals surface area contributed by atoms with E-state index in [2.05, 4.69) is 0 Å². The third kappa shape index (κ3) is 3.71. The number of carbonyl (C=O) groups excluding carboxylic acids is 2. The number of nitrogens with two attached hydrogens (primary N) is 1. The highest BCUT2D eigenvalue weighted by Crippen LogP contribution is 2.13. The second kappa shape index (κ2) is 6.22. The Morgan fingerprint density at radius 3 is 2.32 bits per heavy atom. The highest BCUT2D eigenvalue weighted by Gasteiger charge is 2.16. The Morgan fingerprint density at radius 2 is 1.74 bits per heavy atom. The lowest BCUT2D eigenvalue weighted by molar-refractivity contribution is -0.134. The molecule has 19 heavy (non-hydrogen) atoms. The van der Waals surface area contributed by atoms with Gasteiger partial charge in [-0.25, -0.2) is 0 Å². The average molecular weight is 262 g/mol. The van der Waals surface area contributed by atoms with Gasteiger partial charge in [-0.1, -0.05) is 0 Å². The number of primary amides is 1. The minimum Gasteiger partial charge on any atom is -0.484 e. The van der Waals surface area contributed by atoms with Crippen LogP contribution in [-0.4, -0.2) is 36.4 Å². The maximum Gasteiger partial charge on any atom is 0.260 e. The first-order valence-electron chi connectivity index (χ1n) is 6.47. The van der Waals surface area contributed by atoms with E-state index in [0.717, 1.165) is 25.9 Å². The summed E-state index contributed by atoms with van der Waals surface area (Å²) in [5, 5.41) is 0. The van der Waals surface area contributed by atoms with Gasteiger partial charge in [0.1, 0.15) is 5.75 Å². The quantitative estimate of drug-likeness (QED) is 0.885. The SMILES string of the molecule is NC(=O)c1ccc(OCC(=O)N2CCCCC2)cc1. The summed E-state index contributed by atoms with van der Waals surface area (Å²) >= 11 is 0. The first-order chi connectivity index (χ1) is 9.16. The molecule has 1 aliphatic rings. The topological polar surface area (TPSA) is 72.6 Å². The van der Waals surface area contributed by atoms with Gasteiger partial charge >= 0.3 is 0 Å². The first-order valence-corrected chi connectivity index (χ1v) is 6.47. The van der Waals surface area contributed by atoms with Crippen LogP contribution in [0.15, 0.2) is 24.3 Å². The fourth-order valence-corrected chi connectivity index (χ4v) is 2.10. The van der Waals surface area contributed by atoms with Crippen molar-refractivity contribution in [3.8, 4) is 5.75 Å². The lowest BCUT2D eigenvalue weighted by Gasteiger charge is -2.26. The van der Waals surface area contributed by atoms with Gasteiger partial charge < -0.3 is 15.4 Å². The third-order valence-corrected chi connectivity index (χ3v) is 3.21. The van der Waals surface area contributed by atoms with Crippen LogP contribution in [0.3, 0.4) is 0 Å². The Bertz CT molecular complexity index is 450. The standard InChI is InChI=1S/C14H18N2O3/c15-14(18)11-4-6-12(7-5-11)19-10-13(17)16-8-2-1-3-9-16/h4-7H,1-3,8-10H2,(H2,15,18). The van der Waals surface area contributed by atoms with E-state index in [-0.39, 0.29) is 12.5 Å². The van der Waals surface area contributed by atoms with Gasteiger partial charge in [-0.05, 0) is 43.5 Å². The molecule has 2 N–H and O–H groups in total. The van der Waals surface area contributed by atoms with E-state index < -0.39 is 5.91 Å². The molecule has 1 saturated heterocycles. The number of benzene rings is 1. The molecule has 0 radical (unpaired) electrons. The molecule has 2 amide bonds. The molecular formula is C14H18N2O3. The summed E-state index contributed by atoms with van der Waals surface area (Å²) < 4.78 is 5.41.